The fraction of sp³-hybridized carbons (Fsp3) is 0.647. The second-order valence-corrected chi connectivity index (χ2v) is 6.03. The topological polar surface area (TPSA) is 38.7 Å². The fourth-order valence-corrected chi connectivity index (χ4v) is 3.00. The molecule has 1 heterocycles. The number of unbranched alkanes of at least 4 members (excludes halogenated alkanes) is 1. The van der Waals surface area contributed by atoms with Gasteiger partial charge in [-0.05, 0) is 18.4 Å². The lowest BCUT2D eigenvalue weighted by Crippen LogP contribution is -2.13. The van der Waals surface area contributed by atoms with Crippen molar-refractivity contribution in [3.63, 3.8) is 0 Å². The Morgan fingerprint density at radius 3 is 2.48 bits per heavy atom. The third-order valence-corrected chi connectivity index (χ3v) is 4.41. The van der Waals surface area contributed by atoms with E-state index in [2.05, 4.69) is 13.8 Å². The van der Waals surface area contributed by atoms with Gasteiger partial charge in [0.05, 0.1) is 24.3 Å². The molecule has 0 radical (unpaired) electrons. The van der Waals surface area contributed by atoms with Crippen LogP contribution < -0.4 is 9.47 Å². The maximum absolute atomic E-state index is 10.7. The van der Waals surface area contributed by atoms with E-state index in [1.165, 1.54) is 0 Å². The van der Waals surface area contributed by atoms with Gasteiger partial charge in [-0.3, -0.25) is 0 Å². The molecular formula is C17H25ClO3. The van der Waals surface area contributed by atoms with Crippen LogP contribution in [0.4, 0.5) is 0 Å². The summed E-state index contributed by atoms with van der Waals surface area (Å²) < 4.78 is 11.3. The van der Waals surface area contributed by atoms with E-state index in [9.17, 15) is 5.11 Å². The molecule has 21 heavy (non-hydrogen) atoms. The van der Waals surface area contributed by atoms with Crippen molar-refractivity contribution in [1.29, 1.82) is 0 Å². The van der Waals surface area contributed by atoms with E-state index in [4.69, 9.17) is 21.1 Å². The van der Waals surface area contributed by atoms with Crippen LogP contribution in [0.25, 0.3) is 0 Å². The molecule has 0 saturated heterocycles. The summed E-state index contributed by atoms with van der Waals surface area (Å²) in [5.74, 6) is 1.60. The highest BCUT2D eigenvalue weighted by Gasteiger charge is 2.24. The molecule has 2 rings (SSSR count). The molecular weight excluding hydrogens is 288 g/mol. The van der Waals surface area contributed by atoms with E-state index in [0.717, 1.165) is 37.7 Å². The van der Waals surface area contributed by atoms with Gasteiger partial charge in [0.25, 0.3) is 0 Å². The van der Waals surface area contributed by atoms with Crippen LogP contribution in [0.3, 0.4) is 0 Å². The minimum absolute atomic E-state index is 0.229. The van der Waals surface area contributed by atoms with Gasteiger partial charge in [-0.1, -0.05) is 44.7 Å². The van der Waals surface area contributed by atoms with Crippen LogP contribution >= 0.6 is 11.6 Å². The zero-order valence-corrected chi connectivity index (χ0v) is 13.7. The van der Waals surface area contributed by atoms with E-state index >= 15 is 0 Å². The number of rotatable bonds is 6. The number of hydrogen-bond acceptors (Lipinski definition) is 3. The Balaban J connectivity index is 2.23. The minimum atomic E-state index is -0.550. The second-order valence-electron chi connectivity index (χ2n) is 5.63. The zero-order chi connectivity index (χ0) is 15.2. The molecule has 0 aromatic heterocycles. The number of ether oxygens (including phenoxy) is 2. The first kappa shape index (κ1) is 16.4. The van der Waals surface area contributed by atoms with Gasteiger partial charge in [0.1, 0.15) is 0 Å². The van der Waals surface area contributed by atoms with Crippen molar-refractivity contribution in [2.24, 2.45) is 5.92 Å². The highest BCUT2D eigenvalue weighted by atomic mass is 35.5. The summed E-state index contributed by atoms with van der Waals surface area (Å²) in [6, 6.07) is 3.62. The SMILES string of the molecule is CCCCC(CC)C(O)c1cc2c(cc1Cl)OCCCO2. The maximum atomic E-state index is 10.7. The molecule has 0 bridgehead atoms. The average molecular weight is 313 g/mol. The number of hydrogen-bond donors (Lipinski definition) is 1. The normalized spacial score (nSPS) is 17.1. The van der Waals surface area contributed by atoms with E-state index in [-0.39, 0.29) is 5.92 Å². The van der Waals surface area contributed by atoms with Crippen molar-refractivity contribution in [2.45, 2.75) is 52.1 Å². The molecule has 1 aliphatic heterocycles. The van der Waals surface area contributed by atoms with Crippen molar-refractivity contribution in [2.75, 3.05) is 13.2 Å². The van der Waals surface area contributed by atoms with E-state index in [1.54, 1.807) is 6.07 Å². The van der Waals surface area contributed by atoms with Crippen LogP contribution in [0.2, 0.25) is 5.02 Å². The van der Waals surface area contributed by atoms with Gasteiger partial charge in [0, 0.05) is 18.1 Å². The van der Waals surface area contributed by atoms with Crippen molar-refractivity contribution < 1.29 is 14.6 Å². The predicted octanol–water partition coefficient (Wildman–Crippen LogP) is 4.75. The average Bonchev–Trinajstić information content (AvgIpc) is 2.71. The highest BCUT2D eigenvalue weighted by molar-refractivity contribution is 6.31. The standard InChI is InChI=1S/C17H25ClO3/c1-3-5-7-12(4-2)17(19)13-10-15-16(11-14(13)18)21-9-6-8-20-15/h10-12,17,19H,3-9H2,1-2H3. The molecule has 0 spiro atoms. The molecule has 1 aliphatic rings. The molecule has 1 N–H and O–H groups in total. The summed E-state index contributed by atoms with van der Waals surface area (Å²) in [5, 5.41) is 11.2. The van der Waals surface area contributed by atoms with Gasteiger partial charge in [-0.2, -0.15) is 0 Å². The van der Waals surface area contributed by atoms with Gasteiger partial charge >= 0.3 is 0 Å². The summed E-state index contributed by atoms with van der Waals surface area (Å²) in [7, 11) is 0. The smallest absolute Gasteiger partial charge is 0.162 e. The predicted molar refractivity (Wildman–Crippen MR) is 85.3 cm³/mol. The van der Waals surface area contributed by atoms with Gasteiger partial charge in [0.15, 0.2) is 11.5 Å². The Morgan fingerprint density at radius 2 is 1.86 bits per heavy atom. The molecule has 3 nitrogen and oxygen atoms in total. The van der Waals surface area contributed by atoms with Crippen LogP contribution in [0.15, 0.2) is 12.1 Å². The van der Waals surface area contributed by atoms with Crippen molar-refractivity contribution >= 4 is 11.6 Å². The van der Waals surface area contributed by atoms with Crippen LogP contribution in [-0.4, -0.2) is 18.3 Å². The fourth-order valence-electron chi connectivity index (χ4n) is 2.73. The molecule has 1 aromatic rings. The van der Waals surface area contributed by atoms with Crippen molar-refractivity contribution in [3.8, 4) is 11.5 Å². The first-order valence-electron chi connectivity index (χ1n) is 7.94. The lowest BCUT2D eigenvalue weighted by atomic mass is 9.89. The number of aliphatic hydroxyl groups is 1. The Kier molecular flexibility index (Phi) is 6.19. The first-order valence-corrected chi connectivity index (χ1v) is 8.32. The largest absolute Gasteiger partial charge is 0.490 e. The quantitative estimate of drug-likeness (QED) is 0.823. The molecule has 118 valence electrons. The van der Waals surface area contributed by atoms with Gasteiger partial charge < -0.3 is 14.6 Å². The van der Waals surface area contributed by atoms with Crippen molar-refractivity contribution in [3.05, 3.63) is 22.7 Å². The summed E-state index contributed by atoms with van der Waals surface area (Å²) in [6.07, 6.45) is 4.52. The highest BCUT2D eigenvalue weighted by Crippen LogP contribution is 2.40. The summed E-state index contributed by atoms with van der Waals surface area (Å²) in [5.41, 5.74) is 0.754. The van der Waals surface area contributed by atoms with Gasteiger partial charge in [-0.15, -0.1) is 0 Å². The Labute approximate surface area is 132 Å². The Bertz CT molecular complexity index is 462. The van der Waals surface area contributed by atoms with E-state index in [0.29, 0.717) is 29.7 Å². The lowest BCUT2D eigenvalue weighted by Gasteiger charge is -2.23. The molecule has 0 aliphatic carbocycles. The third-order valence-electron chi connectivity index (χ3n) is 4.08. The summed E-state index contributed by atoms with van der Waals surface area (Å²) in [4.78, 5) is 0. The Morgan fingerprint density at radius 1 is 1.19 bits per heavy atom. The molecule has 4 heteroatoms. The number of benzene rings is 1. The molecule has 1 aromatic carbocycles. The molecule has 0 amide bonds. The maximum Gasteiger partial charge on any atom is 0.162 e. The van der Waals surface area contributed by atoms with Crippen LogP contribution in [0, 0.1) is 5.92 Å². The molecule has 0 fully saturated rings. The van der Waals surface area contributed by atoms with Crippen LogP contribution in [0.5, 0.6) is 11.5 Å². The Hall–Kier alpha value is -0.930. The van der Waals surface area contributed by atoms with E-state index < -0.39 is 6.10 Å². The van der Waals surface area contributed by atoms with Gasteiger partial charge in [0.2, 0.25) is 0 Å². The first-order chi connectivity index (χ1) is 10.2. The zero-order valence-electron chi connectivity index (χ0n) is 12.9. The monoisotopic (exact) mass is 312 g/mol. The van der Waals surface area contributed by atoms with E-state index in [1.807, 2.05) is 6.07 Å². The number of fused-ring (bicyclic) bond motifs is 1. The molecule has 2 atom stereocenters. The molecule has 2 unspecified atom stereocenters. The van der Waals surface area contributed by atoms with Gasteiger partial charge in [-0.25, -0.2) is 0 Å². The lowest BCUT2D eigenvalue weighted by molar-refractivity contribution is 0.0987. The number of halogens is 1. The summed E-state index contributed by atoms with van der Waals surface area (Å²) in [6.45, 7) is 5.55. The van der Waals surface area contributed by atoms with Crippen LogP contribution in [-0.2, 0) is 0 Å². The summed E-state index contributed by atoms with van der Waals surface area (Å²) >= 11 is 6.35. The van der Waals surface area contributed by atoms with Crippen molar-refractivity contribution in [1.82, 2.24) is 0 Å². The third kappa shape index (κ3) is 4.04. The molecule has 0 saturated carbocycles. The minimum Gasteiger partial charge on any atom is -0.490 e. The van der Waals surface area contributed by atoms with Crippen LogP contribution in [0.1, 0.15) is 57.6 Å². The number of aliphatic hydroxyl groups excluding tert-OH is 1. The second kappa shape index (κ2) is 7.90.